The molecule has 1 aliphatic heterocycles. The van der Waals surface area contributed by atoms with E-state index in [4.69, 9.17) is 4.42 Å². The minimum Gasteiger partial charge on any atom is -0.469 e. The molecule has 0 aliphatic carbocycles. The second-order valence-corrected chi connectivity index (χ2v) is 4.73. The molecule has 0 radical (unpaired) electrons. The van der Waals surface area contributed by atoms with E-state index in [-0.39, 0.29) is 18.4 Å². The predicted octanol–water partition coefficient (Wildman–Crippen LogP) is 0.559. The van der Waals surface area contributed by atoms with E-state index < -0.39 is 5.54 Å². The third-order valence-electron chi connectivity index (χ3n) is 2.82. The van der Waals surface area contributed by atoms with E-state index in [1.54, 1.807) is 25.0 Å². The van der Waals surface area contributed by atoms with Gasteiger partial charge >= 0.3 is 0 Å². The minimum atomic E-state index is -0.807. The third-order valence-corrected chi connectivity index (χ3v) is 2.82. The van der Waals surface area contributed by atoms with Gasteiger partial charge in [0.05, 0.1) is 12.8 Å². The Kier molecular flexibility index (Phi) is 2.92. The van der Waals surface area contributed by atoms with E-state index in [1.807, 2.05) is 12.1 Å². The van der Waals surface area contributed by atoms with Crippen molar-refractivity contribution in [2.24, 2.45) is 0 Å². The number of nitrogens with zero attached hydrogens (tertiary/aromatic N) is 1. The van der Waals surface area contributed by atoms with Gasteiger partial charge in [-0.2, -0.15) is 0 Å². The second-order valence-electron chi connectivity index (χ2n) is 4.73. The Balaban J connectivity index is 2.00. The lowest BCUT2D eigenvalue weighted by atomic mass is 10.0. The molecule has 0 saturated carbocycles. The first kappa shape index (κ1) is 11.7. The molecule has 1 aromatic heterocycles. The van der Waals surface area contributed by atoms with Crippen molar-refractivity contribution in [1.82, 2.24) is 10.2 Å². The van der Waals surface area contributed by atoms with Crippen LogP contribution in [0.2, 0.25) is 0 Å². The highest BCUT2D eigenvalue weighted by Gasteiger charge is 2.38. The molecule has 5 nitrogen and oxygen atoms in total. The SMILES string of the molecule is CC1(C)NC(=O)CN(CCc2ccco2)C1=O. The summed E-state index contributed by atoms with van der Waals surface area (Å²) in [5, 5.41) is 2.67. The highest BCUT2D eigenvalue weighted by molar-refractivity contribution is 5.97. The smallest absolute Gasteiger partial charge is 0.248 e. The van der Waals surface area contributed by atoms with Crippen molar-refractivity contribution in [3.63, 3.8) is 0 Å². The number of piperazine rings is 1. The van der Waals surface area contributed by atoms with Crippen LogP contribution >= 0.6 is 0 Å². The Bertz CT molecular complexity index is 423. The number of carbonyl (C=O) groups excluding carboxylic acids is 2. The second kappa shape index (κ2) is 4.24. The topological polar surface area (TPSA) is 62.6 Å². The molecular weight excluding hydrogens is 220 g/mol. The first-order valence-electron chi connectivity index (χ1n) is 5.62. The summed E-state index contributed by atoms with van der Waals surface area (Å²) in [4.78, 5) is 25.1. The Morgan fingerprint density at radius 3 is 2.88 bits per heavy atom. The maximum atomic E-state index is 12.0. The zero-order chi connectivity index (χ0) is 12.5. The van der Waals surface area contributed by atoms with Gasteiger partial charge in [0.2, 0.25) is 11.8 Å². The first-order chi connectivity index (χ1) is 7.99. The van der Waals surface area contributed by atoms with Gasteiger partial charge in [-0.25, -0.2) is 0 Å². The molecule has 2 rings (SSSR count). The lowest BCUT2D eigenvalue weighted by molar-refractivity contribution is -0.148. The zero-order valence-corrected chi connectivity index (χ0v) is 10.0. The molecule has 2 heterocycles. The molecule has 1 N–H and O–H groups in total. The first-order valence-corrected chi connectivity index (χ1v) is 5.62. The third kappa shape index (κ3) is 2.49. The molecule has 2 amide bonds. The molecule has 5 heteroatoms. The molecule has 0 bridgehead atoms. The fourth-order valence-electron chi connectivity index (χ4n) is 1.96. The molecule has 1 saturated heterocycles. The van der Waals surface area contributed by atoms with Crippen molar-refractivity contribution in [3.05, 3.63) is 24.2 Å². The Morgan fingerprint density at radius 2 is 2.24 bits per heavy atom. The molecule has 1 aromatic rings. The van der Waals surface area contributed by atoms with E-state index in [2.05, 4.69) is 5.32 Å². The van der Waals surface area contributed by atoms with E-state index in [1.165, 1.54) is 0 Å². The van der Waals surface area contributed by atoms with Gasteiger partial charge < -0.3 is 14.6 Å². The Hall–Kier alpha value is -1.78. The maximum absolute atomic E-state index is 12.0. The average molecular weight is 236 g/mol. The van der Waals surface area contributed by atoms with E-state index in [0.29, 0.717) is 13.0 Å². The van der Waals surface area contributed by atoms with Crippen molar-refractivity contribution in [3.8, 4) is 0 Å². The summed E-state index contributed by atoms with van der Waals surface area (Å²) in [6.45, 7) is 4.06. The van der Waals surface area contributed by atoms with Crippen molar-refractivity contribution in [2.45, 2.75) is 25.8 Å². The van der Waals surface area contributed by atoms with Crippen LogP contribution in [0.1, 0.15) is 19.6 Å². The number of hydrogen-bond donors (Lipinski definition) is 1. The minimum absolute atomic E-state index is 0.0522. The maximum Gasteiger partial charge on any atom is 0.248 e. The van der Waals surface area contributed by atoms with E-state index in [0.717, 1.165) is 5.76 Å². The van der Waals surface area contributed by atoms with Gasteiger partial charge in [-0.3, -0.25) is 9.59 Å². The molecule has 0 aromatic carbocycles. The molecule has 0 spiro atoms. The summed E-state index contributed by atoms with van der Waals surface area (Å²) in [5.74, 6) is 0.652. The highest BCUT2D eigenvalue weighted by atomic mass is 16.3. The van der Waals surface area contributed by atoms with Crippen LogP contribution in [0.25, 0.3) is 0 Å². The summed E-state index contributed by atoms with van der Waals surface area (Å²) >= 11 is 0. The van der Waals surface area contributed by atoms with Crippen LogP contribution in [0.3, 0.4) is 0 Å². The summed E-state index contributed by atoms with van der Waals surface area (Å²) in [5.41, 5.74) is -0.807. The molecule has 17 heavy (non-hydrogen) atoms. The van der Waals surface area contributed by atoms with Gasteiger partial charge in [-0.15, -0.1) is 0 Å². The number of rotatable bonds is 3. The lowest BCUT2D eigenvalue weighted by Crippen LogP contribution is -2.63. The monoisotopic (exact) mass is 236 g/mol. The van der Waals surface area contributed by atoms with Crippen LogP contribution in [0.4, 0.5) is 0 Å². The van der Waals surface area contributed by atoms with Crippen LogP contribution in [0.15, 0.2) is 22.8 Å². The summed E-state index contributed by atoms with van der Waals surface area (Å²) in [7, 11) is 0. The van der Waals surface area contributed by atoms with Crippen LogP contribution in [-0.4, -0.2) is 35.3 Å². The molecule has 1 fully saturated rings. The number of nitrogens with one attached hydrogen (secondary N) is 1. The largest absolute Gasteiger partial charge is 0.469 e. The van der Waals surface area contributed by atoms with Gasteiger partial charge in [0.25, 0.3) is 0 Å². The van der Waals surface area contributed by atoms with Gasteiger partial charge in [0, 0.05) is 13.0 Å². The quantitative estimate of drug-likeness (QED) is 0.834. The lowest BCUT2D eigenvalue weighted by Gasteiger charge is -2.37. The Morgan fingerprint density at radius 1 is 1.47 bits per heavy atom. The fraction of sp³-hybridized carbons (Fsp3) is 0.500. The summed E-state index contributed by atoms with van der Waals surface area (Å²) in [6.07, 6.45) is 2.23. The van der Waals surface area contributed by atoms with Gasteiger partial charge in [0.15, 0.2) is 0 Å². The van der Waals surface area contributed by atoms with Crippen molar-refractivity contribution < 1.29 is 14.0 Å². The van der Waals surface area contributed by atoms with Crippen LogP contribution in [0, 0.1) is 0 Å². The number of hydrogen-bond acceptors (Lipinski definition) is 3. The average Bonchev–Trinajstić information content (AvgIpc) is 2.73. The van der Waals surface area contributed by atoms with Gasteiger partial charge in [0.1, 0.15) is 11.3 Å². The van der Waals surface area contributed by atoms with Crippen LogP contribution in [0.5, 0.6) is 0 Å². The van der Waals surface area contributed by atoms with E-state index in [9.17, 15) is 9.59 Å². The van der Waals surface area contributed by atoms with Crippen molar-refractivity contribution >= 4 is 11.8 Å². The standard InChI is InChI=1S/C12H16N2O3/c1-12(2)11(16)14(8-10(15)13-12)6-5-9-4-3-7-17-9/h3-4,7H,5-6,8H2,1-2H3,(H,13,15). The summed E-state index contributed by atoms with van der Waals surface area (Å²) in [6, 6.07) is 3.67. The Labute approximate surface area is 99.8 Å². The zero-order valence-electron chi connectivity index (χ0n) is 10.0. The highest BCUT2D eigenvalue weighted by Crippen LogP contribution is 2.14. The van der Waals surface area contributed by atoms with Gasteiger partial charge in [-0.1, -0.05) is 0 Å². The van der Waals surface area contributed by atoms with Crippen molar-refractivity contribution in [1.29, 1.82) is 0 Å². The van der Waals surface area contributed by atoms with Crippen molar-refractivity contribution in [2.75, 3.05) is 13.1 Å². The van der Waals surface area contributed by atoms with E-state index >= 15 is 0 Å². The molecule has 1 aliphatic rings. The van der Waals surface area contributed by atoms with Crippen LogP contribution < -0.4 is 5.32 Å². The molecule has 0 unspecified atom stereocenters. The van der Waals surface area contributed by atoms with Gasteiger partial charge in [-0.05, 0) is 26.0 Å². The summed E-state index contributed by atoms with van der Waals surface area (Å²) < 4.78 is 5.20. The fourth-order valence-corrected chi connectivity index (χ4v) is 1.96. The molecule has 0 atom stereocenters. The number of furan rings is 1. The number of amides is 2. The normalized spacial score (nSPS) is 19.3. The molecule has 92 valence electrons. The number of carbonyl (C=O) groups is 2. The predicted molar refractivity (Wildman–Crippen MR) is 61.2 cm³/mol. The van der Waals surface area contributed by atoms with Crippen LogP contribution in [-0.2, 0) is 16.0 Å². The molecular formula is C12H16N2O3.